The van der Waals surface area contributed by atoms with Crippen molar-refractivity contribution in [2.75, 3.05) is 0 Å². The van der Waals surface area contributed by atoms with Crippen molar-refractivity contribution < 1.29 is 14.4 Å². The number of fused-ring (bicyclic) bond motifs is 1. The standard InChI is InChI=1S/C11H8N4O3/c1-6(9(16)13-14-12)15-10(17)7-4-2-3-5-8(7)11(15)18/h2-6H,1H3. The molecule has 0 radical (unpaired) electrons. The van der Waals surface area contributed by atoms with Crippen molar-refractivity contribution in [1.82, 2.24) is 4.90 Å². The Balaban J connectivity index is 2.40. The summed E-state index contributed by atoms with van der Waals surface area (Å²) in [5.74, 6) is -1.97. The highest BCUT2D eigenvalue weighted by Gasteiger charge is 2.40. The van der Waals surface area contributed by atoms with Gasteiger partial charge in [0.15, 0.2) is 0 Å². The molecule has 1 aromatic rings. The van der Waals surface area contributed by atoms with Crippen LogP contribution in [0.15, 0.2) is 29.4 Å². The van der Waals surface area contributed by atoms with E-state index in [1.54, 1.807) is 12.1 Å². The van der Waals surface area contributed by atoms with Gasteiger partial charge in [-0.1, -0.05) is 12.1 Å². The Bertz CT molecular complexity index is 569. The maximum Gasteiger partial charge on any atom is 0.262 e. The largest absolute Gasteiger partial charge is 0.290 e. The van der Waals surface area contributed by atoms with Gasteiger partial charge in [-0.25, -0.2) is 0 Å². The van der Waals surface area contributed by atoms with Crippen LogP contribution < -0.4 is 0 Å². The number of imide groups is 1. The molecule has 0 saturated carbocycles. The summed E-state index contributed by atoms with van der Waals surface area (Å²) < 4.78 is 0. The van der Waals surface area contributed by atoms with Crippen LogP contribution in [-0.2, 0) is 4.79 Å². The molecule has 0 aliphatic carbocycles. The van der Waals surface area contributed by atoms with E-state index in [-0.39, 0.29) is 11.1 Å². The zero-order valence-electron chi connectivity index (χ0n) is 9.40. The van der Waals surface area contributed by atoms with E-state index in [0.29, 0.717) is 0 Å². The summed E-state index contributed by atoms with van der Waals surface area (Å²) in [4.78, 5) is 38.5. The van der Waals surface area contributed by atoms with Gasteiger partial charge in [0.25, 0.3) is 11.8 Å². The van der Waals surface area contributed by atoms with Crippen LogP contribution in [0.1, 0.15) is 27.6 Å². The Morgan fingerprint density at radius 1 is 1.28 bits per heavy atom. The van der Waals surface area contributed by atoms with Gasteiger partial charge in [0.1, 0.15) is 6.04 Å². The lowest BCUT2D eigenvalue weighted by atomic mass is 10.1. The molecule has 0 aromatic heterocycles. The Morgan fingerprint density at radius 3 is 2.22 bits per heavy atom. The van der Waals surface area contributed by atoms with E-state index in [4.69, 9.17) is 5.53 Å². The molecule has 1 aliphatic rings. The predicted octanol–water partition coefficient (Wildman–Crippen LogP) is 1.51. The van der Waals surface area contributed by atoms with Gasteiger partial charge >= 0.3 is 0 Å². The molecule has 0 spiro atoms. The van der Waals surface area contributed by atoms with Crippen molar-refractivity contribution in [3.05, 3.63) is 45.8 Å². The van der Waals surface area contributed by atoms with E-state index in [0.717, 1.165) is 4.90 Å². The third-order valence-electron chi connectivity index (χ3n) is 2.71. The first-order valence-corrected chi connectivity index (χ1v) is 5.13. The highest BCUT2D eigenvalue weighted by Crippen LogP contribution is 2.24. The average molecular weight is 244 g/mol. The molecular formula is C11H8N4O3. The Kier molecular flexibility index (Phi) is 2.83. The van der Waals surface area contributed by atoms with Crippen molar-refractivity contribution in [2.24, 2.45) is 5.11 Å². The van der Waals surface area contributed by atoms with Crippen LogP contribution in [0.5, 0.6) is 0 Å². The van der Waals surface area contributed by atoms with Gasteiger partial charge in [-0.2, -0.15) is 0 Å². The molecule has 1 unspecified atom stereocenters. The third kappa shape index (κ3) is 1.63. The zero-order chi connectivity index (χ0) is 13.3. The molecule has 7 heteroatoms. The second-order valence-electron chi connectivity index (χ2n) is 3.73. The number of carbonyl (C=O) groups is 3. The smallest absolute Gasteiger partial charge is 0.262 e. The number of amides is 3. The molecule has 90 valence electrons. The lowest BCUT2D eigenvalue weighted by molar-refractivity contribution is -0.121. The maximum absolute atomic E-state index is 12.0. The van der Waals surface area contributed by atoms with Crippen LogP contribution >= 0.6 is 0 Å². The number of hydrogen-bond donors (Lipinski definition) is 0. The molecule has 0 saturated heterocycles. The van der Waals surface area contributed by atoms with Crippen LogP contribution in [0.2, 0.25) is 0 Å². The summed E-state index contributed by atoms with van der Waals surface area (Å²) in [6.45, 7) is 1.35. The lowest BCUT2D eigenvalue weighted by Gasteiger charge is -2.19. The summed E-state index contributed by atoms with van der Waals surface area (Å²) in [6.07, 6.45) is 0. The molecule has 1 aliphatic heterocycles. The van der Waals surface area contributed by atoms with Crippen LogP contribution in [0.3, 0.4) is 0 Å². The van der Waals surface area contributed by atoms with Gasteiger partial charge in [-0.05, 0) is 29.7 Å². The SMILES string of the molecule is CC(C(=O)N=[N+]=[N-])N1C(=O)c2ccccc2C1=O. The molecule has 1 atom stereocenters. The third-order valence-corrected chi connectivity index (χ3v) is 2.71. The van der Waals surface area contributed by atoms with Crippen molar-refractivity contribution in [3.63, 3.8) is 0 Å². The molecule has 18 heavy (non-hydrogen) atoms. The van der Waals surface area contributed by atoms with E-state index in [2.05, 4.69) is 10.0 Å². The van der Waals surface area contributed by atoms with Crippen molar-refractivity contribution in [2.45, 2.75) is 13.0 Å². The second kappa shape index (κ2) is 4.31. The minimum atomic E-state index is -1.10. The zero-order valence-corrected chi connectivity index (χ0v) is 9.40. The Hall–Kier alpha value is -2.66. The fraction of sp³-hybridized carbons (Fsp3) is 0.182. The summed E-state index contributed by atoms with van der Waals surface area (Å²) in [6, 6.07) is 5.19. The number of hydrogen-bond acceptors (Lipinski definition) is 3. The second-order valence-corrected chi connectivity index (χ2v) is 3.73. The Morgan fingerprint density at radius 2 is 1.78 bits per heavy atom. The van der Waals surface area contributed by atoms with Gasteiger partial charge in [0.05, 0.1) is 11.1 Å². The molecule has 0 N–H and O–H groups in total. The Labute approximate surface area is 102 Å². The molecule has 3 amide bonds. The van der Waals surface area contributed by atoms with Crippen LogP contribution in [0.4, 0.5) is 0 Å². The van der Waals surface area contributed by atoms with Gasteiger partial charge < -0.3 is 0 Å². The summed E-state index contributed by atoms with van der Waals surface area (Å²) in [5, 5.41) is 2.90. The fourth-order valence-electron chi connectivity index (χ4n) is 1.80. The van der Waals surface area contributed by atoms with Gasteiger partial charge in [0.2, 0.25) is 5.91 Å². The minimum absolute atomic E-state index is 0.253. The molecule has 0 bridgehead atoms. The number of nitrogens with zero attached hydrogens (tertiary/aromatic N) is 4. The average Bonchev–Trinajstić information content (AvgIpc) is 2.62. The van der Waals surface area contributed by atoms with E-state index in [1.807, 2.05) is 0 Å². The highest BCUT2D eigenvalue weighted by molar-refractivity contribution is 6.22. The maximum atomic E-state index is 12.0. The van der Waals surface area contributed by atoms with Crippen molar-refractivity contribution in [1.29, 1.82) is 0 Å². The molecule has 0 fully saturated rings. The first kappa shape index (κ1) is 11.8. The summed E-state index contributed by atoms with van der Waals surface area (Å²) in [7, 11) is 0. The molecule has 1 heterocycles. The number of carbonyl (C=O) groups excluding carboxylic acids is 3. The summed E-state index contributed by atoms with van der Waals surface area (Å²) in [5.41, 5.74) is 8.69. The van der Waals surface area contributed by atoms with E-state index in [1.165, 1.54) is 19.1 Å². The van der Waals surface area contributed by atoms with Crippen LogP contribution in [-0.4, -0.2) is 28.7 Å². The van der Waals surface area contributed by atoms with E-state index in [9.17, 15) is 14.4 Å². The van der Waals surface area contributed by atoms with Crippen LogP contribution in [0.25, 0.3) is 10.4 Å². The first-order chi connectivity index (χ1) is 8.57. The minimum Gasteiger partial charge on any atom is -0.290 e. The van der Waals surface area contributed by atoms with Gasteiger partial charge in [0, 0.05) is 4.91 Å². The van der Waals surface area contributed by atoms with Crippen LogP contribution in [0, 0.1) is 0 Å². The molecule has 7 nitrogen and oxygen atoms in total. The predicted molar refractivity (Wildman–Crippen MR) is 60.6 cm³/mol. The molecule has 2 rings (SSSR count). The molecular weight excluding hydrogens is 236 g/mol. The fourth-order valence-corrected chi connectivity index (χ4v) is 1.80. The van der Waals surface area contributed by atoms with E-state index >= 15 is 0 Å². The monoisotopic (exact) mass is 244 g/mol. The van der Waals surface area contributed by atoms with Crippen molar-refractivity contribution >= 4 is 17.7 Å². The number of benzene rings is 1. The first-order valence-electron chi connectivity index (χ1n) is 5.13. The molecule has 1 aromatic carbocycles. The van der Waals surface area contributed by atoms with E-state index < -0.39 is 23.8 Å². The quantitative estimate of drug-likeness (QED) is 0.341. The van der Waals surface area contributed by atoms with Gasteiger partial charge in [-0.3, -0.25) is 19.3 Å². The van der Waals surface area contributed by atoms with Crippen molar-refractivity contribution in [3.8, 4) is 0 Å². The topological polar surface area (TPSA) is 103 Å². The summed E-state index contributed by atoms with van der Waals surface area (Å²) >= 11 is 0. The highest BCUT2D eigenvalue weighted by atomic mass is 16.2. The normalized spacial score (nSPS) is 15.1. The van der Waals surface area contributed by atoms with Gasteiger partial charge in [-0.15, -0.1) is 0 Å². The number of rotatable bonds is 2. The lowest BCUT2D eigenvalue weighted by Crippen LogP contribution is -2.42. The number of azide groups is 1.